The predicted octanol–water partition coefficient (Wildman–Crippen LogP) is 1.51. The van der Waals surface area contributed by atoms with Gasteiger partial charge in [0.2, 0.25) is 0 Å². The Labute approximate surface area is 114 Å². The Morgan fingerprint density at radius 3 is 3.00 bits per heavy atom. The SMILES string of the molecule is CCn1nc(C(C)C)cc1C(=O)N[C@H]1CCCNC1. The number of amides is 1. The molecule has 0 aliphatic carbocycles. The molecule has 19 heavy (non-hydrogen) atoms. The van der Waals surface area contributed by atoms with E-state index in [1.807, 2.05) is 13.0 Å². The van der Waals surface area contributed by atoms with Gasteiger partial charge in [-0.3, -0.25) is 9.48 Å². The molecule has 1 aliphatic heterocycles. The number of aryl methyl sites for hydroxylation is 1. The molecule has 1 saturated heterocycles. The molecular weight excluding hydrogens is 240 g/mol. The highest BCUT2D eigenvalue weighted by Crippen LogP contribution is 2.15. The maximum absolute atomic E-state index is 12.3. The van der Waals surface area contributed by atoms with Crippen LogP contribution in [0.2, 0.25) is 0 Å². The third-order valence-electron chi connectivity index (χ3n) is 3.55. The second kappa shape index (κ2) is 6.19. The number of nitrogens with zero attached hydrogens (tertiary/aromatic N) is 2. The molecule has 1 aliphatic rings. The van der Waals surface area contributed by atoms with Gasteiger partial charge in [0.25, 0.3) is 5.91 Å². The van der Waals surface area contributed by atoms with Gasteiger partial charge in [0.05, 0.1) is 5.69 Å². The Balaban J connectivity index is 2.08. The lowest BCUT2D eigenvalue weighted by Crippen LogP contribution is -2.46. The van der Waals surface area contributed by atoms with Crippen molar-refractivity contribution in [3.63, 3.8) is 0 Å². The minimum atomic E-state index is -0.00468. The molecule has 1 atom stereocenters. The van der Waals surface area contributed by atoms with Gasteiger partial charge >= 0.3 is 0 Å². The largest absolute Gasteiger partial charge is 0.347 e. The van der Waals surface area contributed by atoms with Crippen LogP contribution < -0.4 is 10.6 Å². The summed E-state index contributed by atoms with van der Waals surface area (Å²) in [7, 11) is 0. The summed E-state index contributed by atoms with van der Waals surface area (Å²) in [6, 6.07) is 2.16. The summed E-state index contributed by atoms with van der Waals surface area (Å²) in [5.41, 5.74) is 1.66. The Kier molecular flexibility index (Phi) is 4.58. The third kappa shape index (κ3) is 3.35. The first-order chi connectivity index (χ1) is 9.11. The Morgan fingerprint density at radius 1 is 1.63 bits per heavy atom. The molecule has 2 heterocycles. The van der Waals surface area contributed by atoms with Crippen molar-refractivity contribution in [1.82, 2.24) is 20.4 Å². The van der Waals surface area contributed by atoms with Crippen molar-refractivity contribution in [2.24, 2.45) is 0 Å². The van der Waals surface area contributed by atoms with Crippen LogP contribution >= 0.6 is 0 Å². The smallest absolute Gasteiger partial charge is 0.269 e. The van der Waals surface area contributed by atoms with E-state index in [2.05, 4.69) is 29.6 Å². The van der Waals surface area contributed by atoms with Gasteiger partial charge in [-0.25, -0.2) is 0 Å². The lowest BCUT2D eigenvalue weighted by atomic mass is 10.1. The summed E-state index contributed by atoms with van der Waals surface area (Å²) in [6.07, 6.45) is 2.17. The molecule has 0 bridgehead atoms. The quantitative estimate of drug-likeness (QED) is 0.866. The highest BCUT2D eigenvalue weighted by molar-refractivity contribution is 5.93. The summed E-state index contributed by atoms with van der Waals surface area (Å²) in [5.74, 6) is 0.339. The van der Waals surface area contributed by atoms with Crippen LogP contribution in [-0.2, 0) is 6.54 Å². The summed E-state index contributed by atoms with van der Waals surface area (Å²) < 4.78 is 1.79. The zero-order valence-corrected chi connectivity index (χ0v) is 12.1. The third-order valence-corrected chi connectivity index (χ3v) is 3.55. The van der Waals surface area contributed by atoms with E-state index >= 15 is 0 Å². The molecule has 1 fully saturated rings. The number of aromatic nitrogens is 2. The zero-order chi connectivity index (χ0) is 13.8. The van der Waals surface area contributed by atoms with E-state index < -0.39 is 0 Å². The van der Waals surface area contributed by atoms with Gasteiger partial charge in [-0.15, -0.1) is 0 Å². The normalized spacial score (nSPS) is 19.7. The molecule has 0 saturated carbocycles. The van der Waals surface area contributed by atoms with Crippen molar-refractivity contribution in [2.75, 3.05) is 13.1 Å². The molecule has 0 radical (unpaired) electrons. The lowest BCUT2D eigenvalue weighted by Gasteiger charge is -2.23. The van der Waals surface area contributed by atoms with Crippen LogP contribution in [0.1, 0.15) is 55.7 Å². The van der Waals surface area contributed by atoms with Gasteiger partial charge in [0.15, 0.2) is 0 Å². The molecule has 5 nitrogen and oxygen atoms in total. The van der Waals surface area contributed by atoms with E-state index in [-0.39, 0.29) is 11.9 Å². The van der Waals surface area contributed by atoms with Crippen LogP contribution in [0.4, 0.5) is 0 Å². The molecule has 2 N–H and O–H groups in total. The Hall–Kier alpha value is -1.36. The fourth-order valence-corrected chi connectivity index (χ4v) is 2.38. The molecule has 0 spiro atoms. The highest BCUT2D eigenvalue weighted by Gasteiger charge is 2.20. The predicted molar refractivity (Wildman–Crippen MR) is 75.3 cm³/mol. The van der Waals surface area contributed by atoms with E-state index in [9.17, 15) is 4.79 Å². The maximum Gasteiger partial charge on any atom is 0.269 e. The molecule has 0 aromatic carbocycles. The van der Waals surface area contributed by atoms with Crippen molar-refractivity contribution >= 4 is 5.91 Å². The average molecular weight is 264 g/mol. The van der Waals surface area contributed by atoms with Crippen LogP contribution in [0.25, 0.3) is 0 Å². The molecule has 2 rings (SSSR count). The van der Waals surface area contributed by atoms with Crippen LogP contribution in [0.3, 0.4) is 0 Å². The van der Waals surface area contributed by atoms with E-state index in [1.165, 1.54) is 0 Å². The number of rotatable bonds is 4. The van der Waals surface area contributed by atoms with Gasteiger partial charge in [-0.05, 0) is 38.3 Å². The number of hydrogen-bond acceptors (Lipinski definition) is 3. The van der Waals surface area contributed by atoms with E-state index in [4.69, 9.17) is 0 Å². The number of nitrogens with one attached hydrogen (secondary N) is 2. The lowest BCUT2D eigenvalue weighted by molar-refractivity contribution is 0.0920. The number of piperidine rings is 1. The molecule has 106 valence electrons. The minimum Gasteiger partial charge on any atom is -0.347 e. The first-order valence-electron chi connectivity index (χ1n) is 7.21. The van der Waals surface area contributed by atoms with Gasteiger partial charge < -0.3 is 10.6 Å². The van der Waals surface area contributed by atoms with E-state index in [0.29, 0.717) is 11.6 Å². The summed E-state index contributed by atoms with van der Waals surface area (Å²) in [4.78, 5) is 12.3. The standard InChI is InChI=1S/C14H24N4O/c1-4-18-13(8-12(17-18)10(2)3)14(19)16-11-6-5-7-15-9-11/h8,10-11,15H,4-7,9H2,1-3H3,(H,16,19)/t11-/m0/s1. The first kappa shape index (κ1) is 14.1. The first-order valence-corrected chi connectivity index (χ1v) is 7.21. The monoisotopic (exact) mass is 264 g/mol. The molecule has 1 amide bonds. The minimum absolute atomic E-state index is 0.00468. The van der Waals surface area contributed by atoms with Crippen molar-refractivity contribution in [3.05, 3.63) is 17.5 Å². The molecule has 1 aromatic heterocycles. The second-order valence-electron chi connectivity index (χ2n) is 5.44. The second-order valence-corrected chi connectivity index (χ2v) is 5.44. The summed E-state index contributed by atoms with van der Waals surface area (Å²) >= 11 is 0. The molecule has 0 unspecified atom stereocenters. The van der Waals surface area contributed by atoms with Crippen molar-refractivity contribution in [3.8, 4) is 0 Å². The summed E-state index contributed by atoms with van der Waals surface area (Å²) in [6.45, 7) is 8.83. The van der Waals surface area contributed by atoms with Crippen molar-refractivity contribution < 1.29 is 4.79 Å². The Morgan fingerprint density at radius 2 is 2.42 bits per heavy atom. The van der Waals surface area contributed by atoms with Crippen LogP contribution in [0, 0.1) is 0 Å². The fourth-order valence-electron chi connectivity index (χ4n) is 2.38. The van der Waals surface area contributed by atoms with Crippen molar-refractivity contribution in [1.29, 1.82) is 0 Å². The number of hydrogen-bond donors (Lipinski definition) is 2. The van der Waals surface area contributed by atoms with E-state index in [0.717, 1.165) is 38.2 Å². The number of carbonyl (C=O) groups is 1. The van der Waals surface area contributed by atoms with Gasteiger partial charge in [-0.1, -0.05) is 13.8 Å². The van der Waals surface area contributed by atoms with Crippen molar-refractivity contribution in [2.45, 2.75) is 52.1 Å². The van der Waals surface area contributed by atoms with Crippen LogP contribution in [0.15, 0.2) is 6.07 Å². The van der Waals surface area contributed by atoms with Crippen LogP contribution in [-0.4, -0.2) is 34.8 Å². The van der Waals surface area contributed by atoms with Gasteiger partial charge in [-0.2, -0.15) is 5.10 Å². The Bertz CT molecular complexity index is 433. The highest BCUT2D eigenvalue weighted by atomic mass is 16.2. The van der Waals surface area contributed by atoms with Gasteiger partial charge in [0, 0.05) is 19.1 Å². The van der Waals surface area contributed by atoms with Gasteiger partial charge in [0.1, 0.15) is 5.69 Å². The maximum atomic E-state index is 12.3. The fraction of sp³-hybridized carbons (Fsp3) is 0.714. The average Bonchev–Trinajstić information content (AvgIpc) is 2.84. The topological polar surface area (TPSA) is 59.0 Å². The molecular formula is C14H24N4O. The molecule has 1 aromatic rings. The molecule has 5 heteroatoms. The zero-order valence-electron chi connectivity index (χ0n) is 12.1. The van der Waals surface area contributed by atoms with Crippen LogP contribution in [0.5, 0.6) is 0 Å². The number of carbonyl (C=O) groups excluding carboxylic acids is 1. The summed E-state index contributed by atoms with van der Waals surface area (Å²) in [5, 5.41) is 10.9. The van der Waals surface area contributed by atoms with E-state index in [1.54, 1.807) is 4.68 Å².